The molecule has 7 heteroatoms. The number of hydrogen-bond acceptors (Lipinski definition) is 4. The fourth-order valence-electron chi connectivity index (χ4n) is 2.25. The molecule has 24 heavy (non-hydrogen) atoms. The van der Waals surface area contributed by atoms with Crippen molar-refractivity contribution in [3.63, 3.8) is 0 Å². The van der Waals surface area contributed by atoms with E-state index < -0.39 is 13.7 Å². The van der Waals surface area contributed by atoms with Crippen molar-refractivity contribution >= 4 is 30.8 Å². The minimum absolute atomic E-state index is 0.257. The standard InChI is InChI=1S/C17H25Cl2O4P/c1-4-7-8-13(12-24(21,22-5-2)23-6-3)17(20)15-10-9-14(18)11-16(15)19/h9-12,17,20H,4-8H2,1-3H3/b13-12+. The molecule has 1 aromatic rings. The Kier molecular flexibility index (Phi) is 9.58. The molecule has 0 aliphatic carbocycles. The van der Waals surface area contributed by atoms with Crippen molar-refractivity contribution in [3.8, 4) is 0 Å². The number of rotatable bonds is 10. The average Bonchev–Trinajstić information content (AvgIpc) is 2.51. The van der Waals surface area contributed by atoms with E-state index in [1.165, 1.54) is 5.82 Å². The summed E-state index contributed by atoms with van der Waals surface area (Å²) in [6.45, 7) is 6.05. The molecule has 0 saturated heterocycles. The van der Waals surface area contributed by atoms with E-state index in [9.17, 15) is 9.67 Å². The second kappa shape index (κ2) is 10.6. The van der Waals surface area contributed by atoms with Crippen molar-refractivity contribution in [2.24, 2.45) is 0 Å². The van der Waals surface area contributed by atoms with Crippen molar-refractivity contribution in [3.05, 3.63) is 45.2 Å². The number of aliphatic hydroxyl groups is 1. The van der Waals surface area contributed by atoms with Gasteiger partial charge in [-0.3, -0.25) is 4.57 Å². The smallest absolute Gasteiger partial charge is 0.354 e. The number of hydrogen-bond donors (Lipinski definition) is 1. The molecule has 0 fully saturated rings. The minimum Gasteiger partial charge on any atom is -0.384 e. The SMILES string of the molecule is CCCC/C(=C\P(=O)(OCC)OCC)C(O)c1ccc(Cl)cc1Cl. The molecule has 0 aliphatic heterocycles. The van der Waals surface area contributed by atoms with Gasteiger partial charge in [-0.25, -0.2) is 0 Å². The highest BCUT2D eigenvalue weighted by atomic mass is 35.5. The summed E-state index contributed by atoms with van der Waals surface area (Å²) in [6.07, 6.45) is 1.36. The second-order valence-electron chi connectivity index (χ2n) is 5.25. The summed E-state index contributed by atoms with van der Waals surface area (Å²) < 4.78 is 23.4. The monoisotopic (exact) mass is 394 g/mol. The topological polar surface area (TPSA) is 55.8 Å². The third-order valence-electron chi connectivity index (χ3n) is 3.37. The Morgan fingerprint density at radius 1 is 1.25 bits per heavy atom. The molecular weight excluding hydrogens is 370 g/mol. The van der Waals surface area contributed by atoms with E-state index >= 15 is 0 Å². The van der Waals surface area contributed by atoms with Gasteiger partial charge >= 0.3 is 7.60 Å². The lowest BCUT2D eigenvalue weighted by atomic mass is 9.98. The largest absolute Gasteiger partial charge is 0.384 e. The van der Waals surface area contributed by atoms with E-state index in [-0.39, 0.29) is 13.2 Å². The highest BCUT2D eigenvalue weighted by Crippen LogP contribution is 2.52. The molecule has 0 bridgehead atoms. The van der Waals surface area contributed by atoms with Crippen molar-refractivity contribution in [2.75, 3.05) is 13.2 Å². The van der Waals surface area contributed by atoms with E-state index in [0.717, 1.165) is 12.8 Å². The highest BCUT2D eigenvalue weighted by Gasteiger charge is 2.25. The molecule has 136 valence electrons. The number of halogens is 2. The summed E-state index contributed by atoms with van der Waals surface area (Å²) in [5.74, 6) is 1.44. The molecule has 0 amide bonds. The quantitative estimate of drug-likeness (QED) is 0.468. The fourth-order valence-corrected chi connectivity index (χ4v) is 4.38. The lowest BCUT2D eigenvalue weighted by molar-refractivity contribution is 0.207. The van der Waals surface area contributed by atoms with Crippen LogP contribution in [0.3, 0.4) is 0 Å². The maximum atomic E-state index is 12.8. The molecular formula is C17H25Cl2O4P. The predicted octanol–water partition coefficient (Wildman–Crippen LogP) is 6.37. The van der Waals surface area contributed by atoms with E-state index in [1.54, 1.807) is 32.0 Å². The molecule has 0 aliphatic rings. The van der Waals surface area contributed by atoms with Gasteiger partial charge in [0.1, 0.15) is 6.10 Å². The molecule has 1 rings (SSSR count). The molecule has 0 radical (unpaired) electrons. The average molecular weight is 395 g/mol. The van der Waals surface area contributed by atoms with Crippen LogP contribution in [0.1, 0.15) is 51.7 Å². The lowest BCUT2D eigenvalue weighted by Gasteiger charge is -2.20. The van der Waals surface area contributed by atoms with Gasteiger partial charge in [0.15, 0.2) is 0 Å². The van der Waals surface area contributed by atoms with Gasteiger partial charge in [-0.15, -0.1) is 0 Å². The Labute approximate surface area is 154 Å². The van der Waals surface area contributed by atoms with Crippen molar-refractivity contribution < 1.29 is 18.7 Å². The first-order chi connectivity index (χ1) is 11.4. The van der Waals surface area contributed by atoms with Gasteiger partial charge in [0.2, 0.25) is 0 Å². The van der Waals surface area contributed by atoms with Crippen LogP contribution in [0.15, 0.2) is 29.6 Å². The van der Waals surface area contributed by atoms with E-state index in [4.69, 9.17) is 32.2 Å². The van der Waals surface area contributed by atoms with E-state index in [2.05, 4.69) is 0 Å². The highest BCUT2D eigenvalue weighted by molar-refractivity contribution is 7.57. The van der Waals surface area contributed by atoms with Crippen molar-refractivity contribution in [2.45, 2.75) is 46.1 Å². The van der Waals surface area contributed by atoms with Gasteiger partial charge in [-0.05, 0) is 44.4 Å². The third-order valence-corrected chi connectivity index (χ3v) is 5.82. The molecule has 0 saturated carbocycles. The molecule has 1 atom stereocenters. The number of benzene rings is 1. The van der Waals surface area contributed by atoms with Crippen LogP contribution in [0, 0.1) is 0 Å². The Bertz CT molecular complexity index is 594. The normalized spacial score (nSPS) is 14.0. The van der Waals surface area contributed by atoms with Gasteiger partial charge in [0.25, 0.3) is 0 Å². The third kappa shape index (κ3) is 6.51. The first-order valence-electron chi connectivity index (χ1n) is 8.10. The van der Waals surface area contributed by atoms with E-state index in [0.29, 0.717) is 27.6 Å². The van der Waals surface area contributed by atoms with Gasteiger partial charge < -0.3 is 14.2 Å². The lowest BCUT2D eigenvalue weighted by Crippen LogP contribution is -2.04. The molecule has 4 nitrogen and oxygen atoms in total. The Hall–Kier alpha value is -0.350. The van der Waals surface area contributed by atoms with Crippen molar-refractivity contribution in [1.29, 1.82) is 0 Å². The Morgan fingerprint density at radius 3 is 2.38 bits per heavy atom. The zero-order valence-electron chi connectivity index (χ0n) is 14.3. The summed E-state index contributed by atoms with van der Waals surface area (Å²) in [5, 5.41) is 11.6. The van der Waals surface area contributed by atoms with Crippen LogP contribution in [0.5, 0.6) is 0 Å². The fraction of sp³-hybridized carbons (Fsp3) is 0.529. The zero-order chi connectivity index (χ0) is 18.2. The molecule has 0 heterocycles. The molecule has 1 unspecified atom stereocenters. The molecule has 1 aromatic carbocycles. The van der Waals surface area contributed by atoms with Crippen LogP contribution in [0.2, 0.25) is 10.0 Å². The first-order valence-corrected chi connectivity index (χ1v) is 10.5. The van der Waals surface area contributed by atoms with Crippen LogP contribution in [0.25, 0.3) is 0 Å². The minimum atomic E-state index is -3.41. The molecule has 0 aromatic heterocycles. The van der Waals surface area contributed by atoms with Crippen LogP contribution < -0.4 is 0 Å². The van der Waals surface area contributed by atoms with Gasteiger partial charge in [0, 0.05) is 21.4 Å². The first kappa shape index (κ1) is 21.7. The van der Waals surface area contributed by atoms with Gasteiger partial charge in [0.05, 0.1) is 13.2 Å². The molecule has 0 spiro atoms. The van der Waals surface area contributed by atoms with Crippen LogP contribution in [-0.2, 0) is 13.6 Å². The summed E-state index contributed by atoms with van der Waals surface area (Å²) in [5.41, 5.74) is 1.09. The maximum Gasteiger partial charge on any atom is 0.354 e. The summed E-state index contributed by atoms with van der Waals surface area (Å²) >= 11 is 12.1. The van der Waals surface area contributed by atoms with Crippen LogP contribution >= 0.6 is 30.8 Å². The predicted molar refractivity (Wildman–Crippen MR) is 99.9 cm³/mol. The van der Waals surface area contributed by atoms with Crippen molar-refractivity contribution in [1.82, 2.24) is 0 Å². The maximum absolute atomic E-state index is 12.8. The van der Waals surface area contributed by atoms with Gasteiger partial charge in [-0.2, -0.15) is 0 Å². The van der Waals surface area contributed by atoms with Crippen LogP contribution in [0.4, 0.5) is 0 Å². The summed E-state index contributed by atoms with van der Waals surface area (Å²) in [7, 11) is -3.41. The summed E-state index contributed by atoms with van der Waals surface area (Å²) in [6, 6.07) is 4.90. The summed E-state index contributed by atoms with van der Waals surface area (Å²) in [4.78, 5) is 0. The Morgan fingerprint density at radius 2 is 1.88 bits per heavy atom. The number of aliphatic hydroxyl groups excluding tert-OH is 1. The zero-order valence-corrected chi connectivity index (χ0v) is 16.7. The Balaban J connectivity index is 3.23. The van der Waals surface area contributed by atoms with Gasteiger partial charge in [-0.1, -0.05) is 42.6 Å². The molecule has 1 N–H and O–H groups in total. The number of unbranched alkanes of at least 4 members (excludes halogenated alkanes) is 1. The van der Waals surface area contributed by atoms with Crippen LogP contribution in [-0.4, -0.2) is 18.3 Å². The second-order valence-corrected chi connectivity index (χ2v) is 7.95. The van der Waals surface area contributed by atoms with E-state index in [1.807, 2.05) is 6.92 Å².